The maximum absolute atomic E-state index is 14.3. The van der Waals surface area contributed by atoms with Crippen molar-refractivity contribution in [3.8, 4) is 5.75 Å². The molecule has 5 aliphatic rings. The summed E-state index contributed by atoms with van der Waals surface area (Å²) in [7, 11) is -1.92. The van der Waals surface area contributed by atoms with Crippen LogP contribution in [0.2, 0.25) is 5.02 Å². The fraction of sp³-hybridized carbons (Fsp3) is 0.568. The molecule has 2 heterocycles. The van der Waals surface area contributed by atoms with Crippen LogP contribution in [0.1, 0.15) is 66.9 Å². The summed E-state index contributed by atoms with van der Waals surface area (Å²) in [5.74, 6) is -0.692. The fourth-order valence-electron chi connectivity index (χ4n) is 8.37. The molecule has 50 heavy (non-hydrogen) atoms. The van der Waals surface area contributed by atoms with Gasteiger partial charge in [-0.15, -0.1) is 4.36 Å². The van der Waals surface area contributed by atoms with Gasteiger partial charge >= 0.3 is 6.03 Å². The lowest BCUT2D eigenvalue weighted by Gasteiger charge is -2.46. The van der Waals surface area contributed by atoms with Crippen molar-refractivity contribution in [1.29, 1.82) is 0 Å². The second-order valence-corrected chi connectivity index (χ2v) is 17.3. The first-order chi connectivity index (χ1) is 24.0. The van der Waals surface area contributed by atoms with E-state index in [0.29, 0.717) is 42.2 Å². The Bertz CT molecular complexity index is 1800. The number of methoxy groups -OCH3 is 1. The standard InChI is InChI=1S/C37H45ClF2N4O5S/c1-22-5-3-7-32(48-2)27-11-8-25(27)18-44-20-37(14-4-6-23-15-26(38)10-12-29(23)37)21-49-33-13-9-24(16-31(33)44)35(45)42-50(47,19-22)43-36(46)41-30-17-28(30)34(39)40/h3,7,9-10,12-13,15-16,22,25,27-28,30,32,34H,4-6,8,11,14,17-21H2,1-2H3,(H2,41,42,43,45,46,47)/b7-3+/t22-,25-,27+,28+,30?,32-,37-,50?/m0/s1. The lowest BCUT2D eigenvalue weighted by atomic mass is 9.68. The summed E-state index contributed by atoms with van der Waals surface area (Å²) in [6.07, 6.45) is 7.07. The van der Waals surface area contributed by atoms with E-state index in [4.69, 9.17) is 21.1 Å². The van der Waals surface area contributed by atoms with Crippen LogP contribution in [0.3, 0.4) is 0 Å². The van der Waals surface area contributed by atoms with E-state index in [2.05, 4.69) is 37.5 Å². The second kappa shape index (κ2) is 14.1. The molecular formula is C37H45ClF2N4O5S. The van der Waals surface area contributed by atoms with Crippen LogP contribution in [0.25, 0.3) is 0 Å². The molecule has 13 heteroatoms. The quantitative estimate of drug-likeness (QED) is 0.331. The Balaban J connectivity index is 1.26. The fourth-order valence-corrected chi connectivity index (χ4v) is 10.4. The molecule has 9 nitrogen and oxygen atoms in total. The van der Waals surface area contributed by atoms with Gasteiger partial charge < -0.3 is 19.7 Å². The van der Waals surface area contributed by atoms with E-state index < -0.39 is 40.2 Å². The third-order valence-electron chi connectivity index (χ3n) is 11.2. The molecule has 2 fully saturated rings. The molecule has 270 valence electrons. The number of alkyl halides is 2. The lowest BCUT2D eigenvalue weighted by molar-refractivity contribution is 0.0131. The number of benzene rings is 2. The number of nitrogens with zero attached hydrogens (tertiary/aromatic N) is 2. The number of urea groups is 1. The number of aryl methyl sites for hydroxylation is 1. The van der Waals surface area contributed by atoms with Crippen molar-refractivity contribution in [1.82, 2.24) is 10.0 Å². The number of halogens is 3. The SMILES string of the molecule is CO[C@H]1/C=C/C[C@H](C)CS(=O)(NC(=O)NC2C[C@H]2C(F)F)=NC(=O)c2ccc3c(c2)N(C[C@@H]2CC[C@H]21)C[C@@]1(CCCc2cc(Cl)ccc21)CO3. The first-order valence-corrected chi connectivity index (χ1v) is 19.7. The van der Waals surface area contributed by atoms with Crippen molar-refractivity contribution in [3.05, 3.63) is 70.3 Å². The van der Waals surface area contributed by atoms with E-state index in [9.17, 15) is 22.6 Å². The summed E-state index contributed by atoms with van der Waals surface area (Å²) in [5.41, 5.74) is 3.17. The normalized spacial score (nSPS) is 34.3. The largest absolute Gasteiger partial charge is 0.490 e. The van der Waals surface area contributed by atoms with Gasteiger partial charge in [0.1, 0.15) is 15.7 Å². The summed E-state index contributed by atoms with van der Waals surface area (Å²) in [6, 6.07) is 9.71. The predicted molar refractivity (Wildman–Crippen MR) is 189 cm³/mol. The van der Waals surface area contributed by atoms with E-state index in [1.807, 2.05) is 19.1 Å². The van der Waals surface area contributed by atoms with E-state index in [1.165, 1.54) is 11.1 Å². The van der Waals surface area contributed by atoms with Crippen LogP contribution in [0.4, 0.5) is 19.3 Å². The van der Waals surface area contributed by atoms with Crippen molar-refractivity contribution >= 4 is 39.1 Å². The Hall–Kier alpha value is -3.22. The number of allylic oxidation sites excluding steroid dienone is 1. The molecule has 8 atom stereocenters. The van der Waals surface area contributed by atoms with Crippen molar-refractivity contribution in [2.24, 2.45) is 28.0 Å². The highest BCUT2D eigenvalue weighted by molar-refractivity contribution is 7.92. The molecule has 1 spiro atoms. The highest BCUT2D eigenvalue weighted by Crippen LogP contribution is 2.47. The topological polar surface area (TPSA) is 109 Å². The number of amides is 3. The Kier molecular flexibility index (Phi) is 9.90. The minimum atomic E-state index is -3.64. The van der Waals surface area contributed by atoms with Crippen molar-refractivity contribution < 1.29 is 32.1 Å². The van der Waals surface area contributed by atoms with Crippen molar-refractivity contribution in [2.45, 2.75) is 75.9 Å². The number of carbonyl (C=O) groups excluding carboxylic acids is 2. The number of carbonyl (C=O) groups is 2. The van der Waals surface area contributed by atoms with Crippen molar-refractivity contribution in [3.63, 3.8) is 0 Å². The number of fused-ring (bicyclic) bond motifs is 4. The smallest absolute Gasteiger partial charge is 0.327 e. The molecule has 2 aliphatic heterocycles. The second-order valence-electron chi connectivity index (χ2n) is 14.9. The van der Waals surface area contributed by atoms with Gasteiger partial charge in [-0.1, -0.05) is 36.7 Å². The highest BCUT2D eigenvalue weighted by atomic mass is 35.5. The van der Waals surface area contributed by atoms with Crippen LogP contribution in [0, 0.1) is 23.7 Å². The molecule has 0 aromatic heterocycles. The van der Waals surface area contributed by atoms with E-state index in [0.717, 1.165) is 44.3 Å². The van der Waals surface area contributed by atoms with Crippen LogP contribution in [-0.4, -0.2) is 67.3 Å². The molecule has 2 saturated carbocycles. The van der Waals surface area contributed by atoms with Crippen LogP contribution in [0.5, 0.6) is 5.75 Å². The van der Waals surface area contributed by atoms with Gasteiger partial charge in [-0.3, -0.25) is 9.52 Å². The van der Waals surface area contributed by atoms with Crippen LogP contribution >= 0.6 is 11.6 Å². The minimum Gasteiger partial charge on any atom is -0.490 e. The van der Waals surface area contributed by atoms with Gasteiger partial charge in [-0.25, -0.2) is 17.8 Å². The van der Waals surface area contributed by atoms with Crippen LogP contribution < -0.4 is 19.7 Å². The Morgan fingerprint density at radius 1 is 1.22 bits per heavy atom. The molecule has 2 aromatic rings. The number of hydrogen-bond acceptors (Lipinski definition) is 6. The Morgan fingerprint density at radius 2 is 2.06 bits per heavy atom. The molecule has 2 unspecified atom stereocenters. The first kappa shape index (κ1) is 35.2. The number of ether oxygens (including phenoxy) is 2. The molecule has 0 saturated heterocycles. The highest BCUT2D eigenvalue weighted by Gasteiger charge is 2.46. The zero-order valence-electron chi connectivity index (χ0n) is 28.4. The maximum atomic E-state index is 14.3. The third kappa shape index (κ3) is 7.25. The summed E-state index contributed by atoms with van der Waals surface area (Å²) in [6.45, 7) is 3.76. The predicted octanol–water partition coefficient (Wildman–Crippen LogP) is 6.93. The average Bonchev–Trinajstić information content (AvgIpc) is 3.84. The monoisotopic (exact) mass is 730 g/mol. The molecule has 3 aliphatic carbocycles. The number of hydrogen-bond donors (Lipinski definition) is 2. The van der Waals surface area contributed by atoms with Crippen molar-refractivity contribution in [2.75, 3.05) is 37.5 Å². The molecule has 3 amide bonds. The molecule has 2 aromatic carbocycles. The zero-order valence-corrected chi connectivity index (χ0v) is 30.0. The van der Waals surface area contributed by atoms with E-state index in [1.54, 1.807) is 25.3 Å². The number of nitrogens with one attached hydrogen (secondary N) is 2. The zero-order chi connectivity index (χ0) is 35.2. The van der Waals surface area contributed by atoms with Gasteiger partial charge in [0.2, 0.25) is 6.43 Å². The summed E-state index contributed by atoms with van der Waals surface area (Å²) in [5, 5.41) is 3.19. The lowest BCUT2D eigenvalue weighted by Crippen LogP contribution is -2.49. The molecule has 2 bridgehead atoms. The molecule has 7 rings (SSSR count). The van der Waals surface area contributed by atoms with Crippen LogP contribution in [0.15, 0.2) is 52.9 Å². The molecule has 0 radical (unpaired) electrons. The summed E-state index contributed by atoms with van der Waals surface area (Å²) in [4.78, 5) is 29.1. The van der Waals surface area contributed by atoms with Gasteiger partial charge in [-0.2, -0.15) is 0 Å². The number of anilines is 1. The maximum Gasteiger partial charge on any atom is 0.327 e. The molecule has 2 N–H and O–H groups in total. The molecular weight excluding hydrogens is 686 g/mol. The van der Waals surface area contributed by atoms with E-state index in [-0.39, 0.29) is 35.2 Å². The van der Waals surface area contributed by atoms with Crippen LogP contribution in [-0.2, 0) is 26.5 Å². The Labute approximate surface area is 297 Å². The summed E-state index contributed by atoms with van der Waals surface area (Å²) >= 11 is 6.43. The van der Waals surface area contributed by atoms with Gasteiger partial charge in [0, 0.05) is 48.2 Å². The Morgan fingerprint density at radius 3 is 2.80 bits per heavy atom. The van der Waals surface area contributed by atoms with Gasteiger partial charge in [0.05, 0.1) is 24.2 Å². The third-order valence-corrected chi connectivity index (χ3v) is 13.5. The van der Waals surface area contributed by atoms with E-state index >= 15 is 0 Å². The average molecular weight is 731 g/mol. The number of rotatable bonds is 4. The van der Waals surface area contributed by atoms with Gasteiger partial charge in [-0.05, 0) is 104 Å². The van der Waals surface area contributed by atoms with Gasteiger partial charge in [0.25, 0.3) is 5.91 Å². The first-order valence-electron chi connectivity index (χ1n) is 17.6. The summed E-state index contributed by atoms with van der Waals surface area (Å²) < 4.78 is 59.6. The minimum absolute atomic E-state index is 0.102. The van der Waals surface area contributed by atoms with Gasteiger partial charge in [0.15, 0.2) is 0 Å².